The molecular weight excluding hydrogens is 354 g/mol. The lowest BCUT2D eigenvalue weighted by Crippen LogP contribution is -2.28. The summed E-state index contributed by atoms with van der Waals surface area (Å²) in [6.07, 6.45) is 4.31. The van der Waals surface area contributed by atoms with Crippen molar-refractivity contribution in [1.82, 2.24) is 24.7 Å². The molecule has 0 fully saturated rings. The third kappa shape index (κ3) is 4.98. The minimum atomic E-state index is 0.0637. The fourth-order valence-electron chi connectivity index (χ4n) is 3.30. The summed E-state index contributed by atoms with van der Waals surface area (Å²) in [7, 11) is 3.91. The lowest BCUT2D eigenvalue weighted by atomic mass is 10.1. The van der Waals surface area contributed by atoms with Gasteiger partial charge in [0.2, 0.25) is 11.8 Å². The fourth-order valence-corrected chi connectivity index (χ4v) is 3.30. The SMILES string of the molecule is CCN(C)CCC(=O)NCc1ccc2c(c1)CN(C(=O)Cc1cncn1C)C2. The van der Waals surface area contributed by atoms with E-state index in [9.17, 15) is 9.59 Å². The van der Waals surface area contributed by atoms with Crippen LogP contribution in [0.1, 0.15) is 35.7 Å². The minimum absolute atomic E-state index is 0.0637. The summed E-state index contributed by atoms with van der Waals surface area (Å²) >= 11 is 0. The average Bonchev–Trinajstić information content (AvgIpc) is 3.30. The van der Waals surface area contributed by atoms with E-state index in [2.05, 4.69) is 34.3 Å². The van der Waals surface area contributed by atoms with Crippen molar-refractivity contribution in [3.63, 3.8) is 0 Å². The second-order valence-electron chi connectivity index (χ2n) is 7.45. The second kappa shape index (κ2) is 9.01. The zero-order valence-electron chi connectivity index (χ0n) is 16.9. The number of carbonyl (C=O) groups is 2. The molecule has 1 aliphatic heterocycles. The Hall–Kier alpha value is -2.67. The summed E-state index contributed by atoms with van der Waals surface area (Å²) in [6, 6.07) is 6.20. The first-order valence-corrected chi connectivity index (χ1v) is 9.75. The van der Waals surface area contributed by atoms with Crippen LogP contribution in [0.4, 0.5) is 0 Å². The summed E-state index contributed by atoms with van der Waals surface area (Å²) in [5.74, 6) is 0.170. The molecule has 0 atom stereocenters. The van der Waals surface area contributed by atoms with E-state index in [1.54, 1.807) is 12.5 Å². The summed E-state index contributed by atoms with van der Waals surface area (Å²) in [6.45, 7) is 5.56. The van der Waals surface area contributed by atoms with E-state index in [4.69, 9.17) is 0 Å². The third-order valence-electron chi connectivity index (χ3n) is 5.34. The summed E-state index contributed by atoms with van der Waals surface area (Å²) in [4.78, 5) is 32.7. The Morgan fingerprint density at radius 1 is 1.25 bits per heavy atom. The van der Waals surface area contributed by atoms with E-state index in [-0.39, 0.29) is 11.8 Å². The molecule has 0 radical (unpaired) electrons. The summed E-state index contributed by atoms with van der Waals surface area (Å²) in [5.41, 5.74) is 4.32. The molecule has 1 N–H and O–H groups in total. The molecule has 2 aromatic rings. The number of aryl methyl sites for hydroxylation is 1. The van der Waals surface area contributed by atoms with E-state index in [1.807, 2.05) is 29.6 Å². The third-order valence-corrected chi connectivity index (χ3v) is 5.34. The van der Waals surface area contributed by atoms with Crippen molar-refractivity contribution in [2.45, 2.75) is 39.4 Å². The molecule has 28 heavy (non-hydrogen) atoms. The molecule has 7 nitrogen and oxygen atoms in total. The lowest BCUT2D eigenvalue weighted by molar-refractivity contribution is -0.131. The minimum Gasteiger partial charge on any atom is -0.352 e. The Morgan fingerprint density at radius 2 is 2.04 bits per heavy atom. The van der Waals surface area contributed by atoms with Gasteiger partial charge in [-0.05, 0) is 30.3 Å². The Kier molecular flexibility index (Phi) is 6.46. The maximum absolute atomic E-state index is 12.6. The first-order chi connectivity index (χ1) is 13.5. The van der Waals surface area contributed by atoms with Crippen LogP contribution in [0.15, 0.2) is 30.7 Å². The largest absolute Gasteiger partial charge is 0.352 e. The van der Waals surface area contributed by atoms with Crippen molar-refractivity contribution in [3.05, 3.63) is 53.1 Å². The molecule has 0 saturated carbocycles. The summed E-state index contributed by atoms with van der Waals surface area (Å²) in [5, 5.41) is 2.98. The van der Waals surface area contributed by atoms with Crippen molar-refractivity contribution in [3.8, 4) is 0 Å². The van der Waals surface area contributed by atoms with Crippen molar-refractivity contribution in [1.29, 1.82) is 0 Å². The van der Waals surface area contributed by atoms with E-state index >= 15 is 0 Å². The van der Waals surface area contributed by atoms with Gasteiger partial charge < -0.3 is 19.7 Å². The highest BCUT2D eigenvalue weighted by atomic mass is 16.2. The van der Waals surface area contributed by atoms with Crippen LogP contribution in [0.2, 0.25) is 0 Å². The Labute approximate surface area is 166 Å². The second-order valence-corrected chi connectivity index (χ2v) is 7.45. The molecule has 3 rings (SSSR count). The van der Waals surface area contributed by atoms with Gasteiger partial charge in [0.05, 0.1) is 12.7 Å². The van der Waals surface area contributed by atoms with Gasteiger partial charge in [0.25, 0.3) is 0 Å². The van der Waals surface area contributed by atoms with Crippen molar-refractivity contribution < 1.29 is 9.59 Å². The molecule has 1 aromatic carbocycles. The lowest BCUT2D eigenvalue weighted by Gasteiger charge is -2.15. The molecule has 0 spiro atoms. The van der Waals surface area contributed by atoms with Gasteiger partial charge in [-0.1, -0.05) is 25.1 Å². The van der Waals surface area contributed by atoms with Gasteiger partial charge in [-0.15, -0.1) is 0 Å². The number of hydrogen-bond donors (Lipinski definition) is 1. The van der Waals surface area contributed by atoms with E-state index in [1.165, 1.54) is 5.56 Å². The molecule has 2 amide bonds. The van der Waals surface area contributed by atoms with E-state index in [0.717, 1.165) is 29.9 Å². The highest BCUT2D eigenvalue weighted by Gasteiger charge is 2.24. The predicted octanol–water partition coefficient (Wildman–Crippen LogP) is 1.46. The first kappa shape index (κ1) is 20.1. The fraction of sp³-hybridized carbons (Fsp3) is 0.476. The highest BCUT2D eigenvalue weighted by molar-refractivity contribution is 5.79. The van der Waals surface area contributed by atoms with Crippen molar-refractivity contribution in [2.75, 3.05) is 20.1 Å². The smallest absolute Gasteiger partial charge is 0.229 e. The number of nitrogens with one attached hydrogen (secondary N) is 1. The number of amides is 2. The van der Waals surface area contributed by atoms with E-state index < -0.39 is 0 Å². The molecule has 1 aliphatic rings. The maximum atomic E-state index is 12.6. The molecule has 2 heterocycles. The standard InChI is InChI=1S/C21H29N5O2/c1-4-24(2)8-7-20(27)23-11-16-5-6-17-13-26(14-18(17)9-16)21(28)10-19-12-22-15-25(19)3/h5-6,9,12,15H,4,7-8,10-11,13-14H2,1-3H3,(H,23,27). The normalized spacial score (nSPS) is 13.1. The molecule has 0 bridgehead atoms. The molecule has 0 saturated heterocycles. The van der Waals surface area contributed by atoms with Gasteiger partial charge in [-0.3, -0.25) is 9.59 Å². The molecule has 0 aliphatic carbocycles. The number of carbonyl (C=O) groups excluding carboxylic acids is 2. The highest BCUT2D eigenvalue weighted by Crippen LogP contribution is 2.24. The van der Waals surface area contributed by atoms with Gasteiger partial charge in [0, 0.05) is 51.5 Å². The zero-order valence-corrected chi connectivity index (χ0v) is 16.9. The van der Waals surface area contributed by atoms with Crippen LogP contribution >= 0.6 is 0 Å². The maximum Gasteiger partial charge on any atom is 0.229 e. The van der Waals surface area contributed by atoms with Crippen molar-refractivity contribution >= 4 is 11.8 Å². The molecule has 150 valence electrons. The molecule has 0 unspecified atom stereocenters. The topological polar surface area (TPSA) is 70.5 Å². The zero-order chi connectivity index (χ0) is 20.1. The number of aromatic nitrogens is 2. The monoisotopic (exact) mass is 383 g/mol. The first-order valence-electron chi connectivity index (χ1n) is 9.75. The number of rotatable bonds is 8. The molecular formula is C21H29N5O2. The van der Waals surface area contributed by atoms with Crippen molar-refractivity contribution in [2.24, 2.45) is 7.05 Å². The predicted molar refractivity (Wildman–Crippen MR) is 107 cm³/mol. The van der Waals surface area contributed by atoms with Crippen LogP contribution in [0, 0.1) is 0 Å². The van der Waals surface area contributed by atoms with E-state index in [0.29, 0.717) is 32.5 Å². The average molecular weight is 383 g/mol. The number of benzene rings is 1. The number of hydrogen-bond acceptors (Lipinski definition) is 4. The molecule has 1 aromatic heterocycles. The Morgan fingerprint density at radius 3 is 2.75 bits per heavy atom. The summed E-state index contributed by atoms with van der Waals surface area (Å²) < 4.78 is 1.88. The van der Waals surface area contributed by atoms with Crippen LogP contribution in [-0.4, -0.2) is 51.3 Å². The van der Waals surface area contributed by atoms with Gasteiger partial charge in [0.1, 0.15) is 0 Å². The number of fused-ring (bicyclic) bond motifs is 1. The molecule has 7 heteroatoms. The van der Waals surface area contributed by atoms with Crippen LogP contribution < -0.4 is 5.32 Å². The van der Waals surface area contributed by atoms with Crippen LogP contribution in [0.25, 0.3) is 0 Å². The van der Waals surface area contributed by atoms with Gasteiger partial charge in [0.15, 0.2) is 0 Å². The van der Waals surface area contributed by atoms with Crippen LogP contribution in [-0.2, 0) is 42.7 Å². The van der Waals surface area contributed by atoms with Gasteiger partial charge in [-0.25, -0.2) is 4.98 Å². The number of nitrogens with zero attached hydrogens (tertiary/aromatic N) is 4. The van der Waals surface area contributed by atoms with Crippen LogP contribution in [0.3, 0.4) is 0 Å². The Bertz CT molecular complexity index is 845. The number of imidazole rings is 1. The Balaban J connectivity index is 1.52. The quantitative estimate of drug-likeness (QED) is 0.749. The van der Waals surface area contributed by atoms with Gasteiger partial charge in [-0.2, -0.15) is 0 Å². The van der Waals surface area contributed by atoms with Gasteiger partial charge >= 0.3 is 0 Å². The van der Waals surface area contributed by atoms with Crippen LogP contribution in [0.5, 0.6) is 0 Å².